The van der Waals surface area contributed by atoms with Crippen LogP contribution in [-0.4, -0.2) is 41.4 Å². The third-order valence-electron chi connectivity index (χ3n) is 4.96. The largest absolute Gasteiger partial charge is 0.369 e. The number of hydrogen-bond donors (Lipinski definition) is 3. The van der Waals surface area contributed by atoms with Crippen LogP contribution in [0, 0.1) is 5.92 Å². The van der Waals surface area contributed by atoms with E-state index in [-0.39, 0.29) is 11.8 Å². The Balaban J connectivity index is 1.66. The fourth-order valence-corrected chi connectivity index (χ4v) is 3.56. The number of amides is 2. The number of hydrogen-bond acceptors (Lipinski definition) is 4. The fourth-order valence-electron chi connectivity index (χ4n) is 3.56. The van der Waals surface area contributed by atoms with Gasteiger partial charge in [-0.25, -0.2) is 0 Å². The van der Waals surface area contributed by atoms with Crippen LogP contribution < -0.4 is 16.4 Å². The summed E-state index contributed by atoms with van der Waals surface area (Å²) in [7, 11) is 0. The number of anilines is 2. The summed E-state index contributed by atoms with van der Waals surface area (Å²) in [5.41, 5.74) is 7.14. The Morgan fingerprint density at radius 3 is 2.50 bits per heavy atom. The van der Waals surface area contributed by atoms with Crippen LogP contribution in [0.25, 0.3) is 0 Å². The number of fused-ring (bicyclic) bond motifs is 1. The van der Waals surface area contributed by atoms with Gasteiger partial charge in [-0.05, 0) is 37.3 Å². The number of nitrogens with zero attached hydrogens (tertiary/aromatic N) is 1. The summed E-state index contributed by atoms with van der Waals surface area (Å²) in [6, 6.07) is 7.24. The second-order valence-electron chi connectivity index (χ2n) is 7.27. The number of piperidine rings is 1. The van der Waals surface area contributed by atoms with Gasteiger partial charge in [0.15, 0.2) is 0 Å². The number of nitrogens with one attached hydrogen (secondary N) is 2. The quantitative estimate of drug-likeness (QED) is 0.788. The second kappa shape index (κ2) is 6.43. The maximum atomic E-state index is 12.6. The highest BCUT2D eigenvalue weighted by atomic mass is 16.2. The van der Waals surface area contributed by atoms with Crippen molar-refractivity contribution in [2.45, 2.75) is 44.7 Å². The van der Waals surface area contributed by atoms with E-state index in [1.807, 2.05) is 24.3 Å². The number of para-hydroxylation sites is 2. The Kier molecular flexibility index (Phi) is 4.49. The Labute approximate surface area is 142 Å². The minimum absolute atomic E-state index is 0.00447. The molecule has 3 rings (SSSR count). The van der Waals surface area contributed by atoms with E-state index >= 15 is 0 Å². The maximum Gasteiger partial charge on any atom is 0.250 e. The van der Waals surface area contributed by atoms with Gasteiger partial charge in [-0.2, -0.15) is 0 Å². The van der Waals surface area contributed by atoms with Gasteiger partial charge in [-0.15, -0.1) is 0 Å². The van der Waals surface area contributed by atoms with Gasteiger partial charge in [0.1, 0.15) is 5.54 Å². The number of carbonyl (C=O) groups is 2. The van der Waals surface area contributed by atoms with E-state index in [1.165, 1.54) is 0 Å². The monoisotopic (exact) mass is 330 g/mol. The zero-order valence-electron chi connectivity index (χ0n) is 14.3. The predicted molar refractivity (Wildman–Crippen MR) is 94.7 cm³/mol. The van der Waals surface area contributed by atoms with E-state index in [9.17, 15) is 9.59 Å². The minimum Gasteiger partial charge on any atom is -0.369 e. The van der Waals surface area contributed by atoms with Crippen LogP contribution in [-0.2, 0) is 9.59 Å². The molecule has 1 aromatic rings. The molecular weight excluding hydrogens is 304 g/mol. The molecule has 1 aromatic carbocycles. The van der Waals surface area contributed by atoms with Crippen molar-refractivity contribution in [2.24, 2.45) is 11.7 Å². The highest BCUT2D eigenvalue weighted by molar-refractivity contribution is 6.06. The van der Waals surface area contributed by atoms with Crippen molar-refractivity contribution in [1.29, 1.82) is 0 Å². The maximum absolute atomic E-state index is 12.6. The van der Waals surface area contributed by atoms with Gasteiger partial charge in [-0.3, -0.25) is 9.59 Å². The normalized spacial score (nSPS) is 20.3. The summed E-state index contributed by atoms with van der Waals surface area (Å²) >= 11 is 0. The molecule has 6 nitrogen and oxygen atoms in total. The van der Waals surface area contributed by atoms with Gasteiger partial charge >= 0.3 is 0 Å². The standard InChI is InChI=1S/C18H26N4O2/c1-12(2)11-13(19)16(23)22-9-7-18(8-10-22)17(24)20-14-5-3-4-6-15(14)21-18/h3-6,12-13,21H,7-11,19H2,1-2H3,(H,20,24)/t13-/m1/s1. The van der Waals surface area contributed by atoms with E-state index in [1.54, 1.807) is 4.90 Å². The molecule has 1 spiro atoms. The van der Waals surface area contributed by atoms with Crippen LogP contribution in [0.5, 0.6) is 0 Å². The highest BCUT2D eigenvalue weighted by Crippen LogP contribution is 2.36. The highest BCUT2D eigenvalue weighted by Gasteiger charge is 2.45. The molecule has 1 atom stereocenters. The molecule has 0 saturated carbocycles. The number of carbonyl (C=O) groups excluding carboxylic acids is 2. The third kappa shape index (κ3) is 3.11. The van der Waals surface area contributed by atoms with Gasteiger partial charge in [-0.1, -0.05) is 26.0 Å². The van der Waals surface area contributed by atoms with E-state index < -0.39 is 11.6 Å². The molecule has 0 aromatic heterocycles. The molecule has 24 heavy (non-hydrogen) atoms. The number of likely N-dealkylation sites (tertiary alicyclic amines) is 1. The Morgan fingerprint density at radius 1 is 1.25 bits per heavy atom. The molecule has 0 unspecified atom stereocenters. The summed E-state index contributed by atoms with van der Waals surface area (Å²) in [6.45, 7) is 5.22. The summed E-state index contributed by atoms with van der Waals surface area (Å²) < 4.78 is 0. The Morgan fingerprint density at radius 2 is 1.88 bits per heavy atom. The van der Waals surface area contributed by atoms with Crippen LogP contribution >= 0.6 is 0 Å². The average molecular weight is 330 g/mol. The first-order valence-electron chi connectivity index (χ1n) is 8.64. The molecule has 1 fully saturated rings. The van der Waals surface area contributed by atoms with E-state index in [0.717, 1.165) is 11.4 Å². The first-order chi connectivity index (χ1) is 11.4. The Hall–Kier alpha value is -2.08. The summed E-state index contributed by atoms with van der Waals surface area (Å²) in [5.74, 6) is 0.373. The van der Waals surface area contributed by atoms with Crippen molar-refractivity contribution in [1.82, 2.24) is 4.90 Å². The SMILES string of the molecule is CC(C)C[C@@H](N)C(=O)N1CCC2(CC1)Nc1ccccc1NC2=O. The molecule has 0 aliphatic carbocycles. The first-order valence-corrected chi connectivity index (χ1v) is 8.64. The molecule has 4 N–H and O–H groups in total. The van der Waals surface area contributed by atoms with Crippen LogP contribution in [0.4, 0.5) is 11.4 Å². The van der Waals surface area contributed by atoms with Crippen molar-refractivity contribution in [3.8, 4) is 0 Å². The van der Waals surface area contributed by atoms with Gasteiger partial charge in [0.25, 0.3) is 0 Å². The van der Waals surface area contributed by atoms with Gasteiger partial charge in [0, 0.05) is 13.1 Å². The lowest BCUT2D eigenvalue weighted by molar-refractivity contribution is -0.136. The lowest BCUT2D eigenvalue weighted by Gasteiger charge is -2.44. The topological polar surface area (TPSA) is 87.5 Å². The third-order valence-corrected chi connectivity index (χ3v) is 4.96. The molecule has 2 aliphatic heterocycles. The average Bonchev–Trinajstić information content (AvgIpc) is 2.55. The molecule has 0 bridgehead atoms. The zero-order chi connectivity index (χ0) is 17.3. The van der Waals surface area contributed by atoms with Gasteiger partial charge < -0.3 is 21.3 Å². The van der Waals surface area contributed by atoms with Crippen LogP contribution in [0.1, 0.15) is 33.1 Å². The fraction of sp³-hybridized carbons (Fsp3) is 0.556. The van der Waals surface area contributed by atoms with Crippen molar-refractivity contribution < 1.29 is 9.59 Å². The minimum atomic E-state index is -0.632. The summed E-state index contributed by atoms with van der Waals surface area (Å²) in [5, 5.41) is 6.39. The predicted octanol–water partition coefficient (Wildman–Crippen LogP) is 1.79. The molecule has 1 saturated heterocycles. The first kappa shape index (κ1) is 16.8. The Bertz CT molecular complexity index is 636. The molecular formula is C18H26N4O2. The lowest BCUT2D eigenvalue weighted by Crippen LogP contribution is -2.60. The summed E-state index contributed by atoms with van der Waals surface area (Å²) in [4.78, 5) is 26.9. The van der Waals surface area contributed by atoms with Crippen molar-refractivity contribution in [3.05, 3.63) is 24.3 Å². The zero-order valence-corrected chi connectivity index (χ0v) is 14.3. The smallest absolute Gasteiger partial charge is 0.250 e. The van der Waals surface area contributed by atoms with E-state index in [4.69, 9.17) is 5.73 Å². The van der Waals surface area contributed by atoms with E-state index in [0.29, 0.717) is 38.3 Å². The van der Waals surface area contributed by atoms with Crippen molar-refractivity contribution in [3.63, 3.8) is 0 Å². The summed E-state index contributed by atoms with van der Waals surface area (Å²) in [6.07, 6.45) is 1.87. The molecule has 6 heteroatoms. The number of benzene rings is 1. The second-order valence-corrected chi connectivity index (χ2v) is 7.27. The molecule has 2 heterocycles. The van der Waals surface area contributed by atoms with Crippen LogP contribution in [0.2, 0.25) is 0 Å². The number of rotatable bonds is 3. The van der Waals surface area contributed by atoms with E-state index in [2.05, 4.69) is 24.5 Å². The van der Waals surface area contributed by atoms with Gasteiger partial charge in [0.05, 0.1) is 17.4 Å². The molecule has 0 radical (unpaired) electrons. The van der Waals surface area contributed by atoms with Crippen molar-refractivity contribution in [2.75, 3.05) is 23.7 Å². The van der Waals surface area contributed by atoms with Crippen LogP contribution in [0.3, 0.4) is 0 Å². The van der Waals surface area contributed by atoms with Crippen LogP contribution in [0.15, 0.2) is 24.3 Å². The molecule has 2 amide bonds. The van der Waals surface area contributed by atoms with Crippen molar-refractivity contribution >= 4 is 23.2 Å². The number of nitrogens with two attached hydrogens (primary N) is 1. The molecule has 130 valence electrons. The molecule has 2 aliphatic rings. The van der Waals surface area contributed by atoms with Gasteiger partial charge in [0.2, 0.25) is 11.8 Å². The lowest BCUT2D eigenvalue weighted by atomic mass is 9.84.